The van der Waals surface area contributed by atoms with E-state index in [0.717, 1.165) is 11.0 Å². The Balaban J connectivity index is 1.53. The molecule has 0 saturated carbocycles. The van der Waals surface area contributed by atoms with Gasteiger partial charge in [0.1, 0.15) is 4.88 Å². The Hall–Kier alpha value is -4.13. The zero-order valence-electron chi connectivity index (χ0n) is 20.7. The number of benzene rings is 2. The summed E-state index contributed by atoms with van der Waals surface area (Å²) in [5.74, 6) is -1.26. The highest BCUT2D eigenvalue weighted by atomic mass is 32.1. The number of nitrogens with zero attached hydrogens (tertiary/aromatic N) is 3. The van der Waals surface area contributed by atoms with Gasteiger partial charge in [0.05, 0.1) is 27.4 Å². The number of nitrogens with one attached hydrogen (secondary N) is 1. The van der Waals surface area contributed by atoms with Crippen molar-refractivity contribution in [3.05, 3.63) is 94.0 Å². The minimum absolute atomic E-state index is 0.00891. The van der Waals surface area contributed by atoms with E-state index < -0.39 is 40.6 Å². The Morgan fingerprint density at radius 3 is 2.08 bits per heavy atom. The lowest BCUT2D eigenvalue weighted by Gasteiger charge is -2.25. The summed E-state index contributed by atoms with van der Waals surface area (Å²) >= 11 is 0.381. The van der Waals surface area contributed by atoms with Crippen molar-refractivity contribution >= 4 is 28.2 Å². The predicted molar refractivity (Wildman–Crippen MR) is 136 cm³/mol. The molecule has 1 aliphatic heterocycles. The molecule has 4 aromatic rings. The van der Waals surface area contributed by atoms with Crippen LogP contribution in [0, 0.1) is 0 Å². The molecule has 0 spiro atoms. The maximum Gasteiger partial charge on any atom is 0.426 e. The average Bonchev–Trinajstić information content (AvgIpc) is 3.57. The van der Waals surface area contributed by atoms with Gasteiger partial charge in [-0.3, -0.25) is 19.2 Å². The number of hydrogen-bond donors (Lipinski definition) is 1. The Kier molecular flexibility index (Phi) is 6.94. The molecule has 40 heavy (non-hydrogen) atoms. The number of rotatable bonds is 7. The number of alkyl halides is 6. The largest absolute Gasteiger partial charge is 0.426 e. The molecule has 0 saturated heterocycles. The van der Waals surface area contributed by atoms with Gasteiger partial charge in [0.15, 0.2) is 0 Å². The molecule has 0 radical (unpaired) electrons. The zero-order valence-corrected chi connectivity index (χ0v) is 21.5. The van der Waals surface area contributed by atoms with Crippen LogP contribution < -0.4 is 5.32 Å². The lowest BCUT2D eigenvalue weighted by atomic mass is 9.99. The van der Waals surface area contributed by atoms with Crippen LogP contribution >= 0.6 is 11.3 Å². The molecule has 0 unspecified atom stereocenters. The third-order valence-corrected chi connectivity index (χ3v) is 7.61. The van der Waals surface area contributed by atoms with Gasteiger partial charge in [-0.05, 0) is 42.3 Å². The van der Waals surface area contributed by atoms with Crippen molar-refractivity contribution in [3.8, 4) is 11.3 Å². The van der Waals surface area contributed by atoms with Crippen LogP contribution in [0.25, 0.3) is 11.3 Å². The summed E-state index contributed by atoms with van der Waals surface area (Å²) in [6.45, 7) is -0.376. The predicted octanol–water partition coefficient (Wildman–Crippen LogP) is 6.51. The molecule has 0 bridgehead atoms. The Bertz CT molecular complexity index is 1560. The first kappa shape index (κ1) is 27.4. The van der Waals surface area contributed by atoms with Crippen LogP contribution in [0.4, 0.5) is 31.3 Å². The fourth-order valence-electron chi connectivity index (χ4n) is 4.73. The van der Waals surface area contributed by atoms with Crippen LogP contribution in [0.15, 0.2) is 66.9 Å². The molecule has 1 atom stereocenters. The quantitative estimate of drug-likeness (QED) is 0.201. The number of hydrogen-bond acceptors (Lipinski definition) is 5. The second-order valence-electron chi connectivity index (χ2n) is 9.16. The van der Waals surface area contributed by atoms with Gasteiger partial charge in [-0.2, -0.15) is 31.4 Å². The third-order valence-electron chi connectivity index (χ3n) is 6.50. The number of anilines is 1. The van der Waals surface area contributed by atoms with Crippen molar-refractivity contribution in [2.24, 2.45) is 7.05 Å². The second kappa shape index (κ2) is 10.1. The molecular formula is C27H20F6N4O2S. The normalized spacial score (nSPS) is 14.5. The zero-order chi connectivity index (χ0) is 28.8. The fourth-order valence-corrected chi connectivity index (χ4v) is 5.74. The average molecular weight is 579 g/mol. The molecule has 208 valence electrons. The van der Waals surface area contributed by atoms with Gasteiger partial charge in [-0.15, -0.1) is 11.3 Å². The number of thiophene rings is 1. The highest BCUT2D eigenvalue weighted by Gasteiger charge is 2.40. The van der Waals surface area contributed by atoms with E-state index in [1.807, 2.05) is 0 Å². The minimum atomic E-state index is -4.72. The van der Waals surface area contributed by atoms with Crippen molar-refractivity contribution in [1.82, 2.24) is 14.7 Å². The van der Waals surface area contributed by atoms with E-state index >= 15 is 0 Å². The molecule has 2 amide bonds. The Morgan fingerprint density at radius 2 is 1.50 bits per heavy atom. The maximum atomic E-state index is 14.0. The maximum absolute atomic E-state index is 14.0. The van der Waals surface area contributed by atoms with E-state index in [4.69, 9.17) is 0 Å². The number of imide groups is 1. The molecule has 3 heterocycles. The molecule has 1 aliphatic rings. The first-order valence-electron chi connectivity index (χ1n) is 11.9. The summed E-state index contributed by atoms with van der Waals surface area (Å²) in [5.41, 5.74) is -0.719. The van der Waals surface area contributed by atoms with Gasteiger partial charge in [0.2, 0.25) is 0 Å². The summed E-state index contributed by atoms with van der Waals surface area (Å²) in [6, 6.07) is 12.5. The van der Waals surface area contributed by atoms with Gasteiger partial charge in [-0.1, -0.05) is 30.3 Å². The van der Waals surface area contributed by atoms with Gasteiger partial charge >= 0.3 is 12.4 Å². The molecule has 13 heteroatoms. The first-order valence-corrected chi connectivity index (χ1v) is 12.7. The van der Waals surface area contributed by atoms with Gasteiger partial charge in [0.25, 0.3) is 11.8 Å². The van der Waals surface area contributed by atoms with E-state index in [1.54, 1.807) is 12.1 Å². The van der Waals surface area contributed by atoms with Crippen LogP contribution in [0.3, 0.4) is 0 Å². The van der Waals surface area contributed by atoms with E-state index in [9.17, 15) is 35.9 Å². The van der Waals surface area contributed by atoms with Crippen molar-refractivity contribution in [1.29, 1.82) is 0 Å². The van der Waals surface area contributed by atoms with Crippen LogP contribution in [-0.2, 0) is 25.8 Å². The van der Waals surface area contributed by atoms with E-state index in [0.29, 0.717) is 11.3 Å². The van der Waals surface area contributed by atoms with E-state index in [-0.39, 0.29) is 45.9 Å². The highest BCUT2D eigenvalue weighted by molar-refractivity contribution is 7.16. The minimum Gasteiger partial charge on any atom is -0.372 e. The molecule has 1 N–H and O–H groups in total. The lowest BCUT2D eigenvalue weighted by Crippen LogP contribution is -2.41. The number of amides is 2. The topological polar surface area (TPSA) is 67.2 Å². The highest BCUT2D eigenvalue weighted by Crippen LogP contribution is 2.45. The van der Waals surface area contributed by atoms with Crippen LogP contribution in [-0.4, -0.2) is 39.1 Å². The molecule has 5 rings (SSSR count). The van der Waals surface area contributed by atoms with E-state index in [1.165, 1.54) is 60.4 Å². The summed E-state index contributed by atoms with van der Waals surface area (Å²) in [5, 5.41) is 6.82. The third kappa shape index (κ3) is 5.20. The number of fused-ring (bicyclic) bond motifs is 1. The lowest BCUT2D eigenvalue weighted by molar-refractivity contribution is -0.138. The first-order chi connectivity index (χ1) is 18.8. The number of aromatic nitrogens is 2. The smallest absolute Gasteiger partial charge is 0.372 e. The number of carbonyl (C=O) groups is 2. The summed E-state index contributed by atoms with van der Waals surface area (Å²) < 4.78 is 84.4. The number of halogens is 6. The van der Waals surface area contributed by atoms with Crippen molar-refractivity contribution in [3.63, 3.8) is 0 Å². The SMILES string of the molecule is Cn1nccc1-c1cc(N[C@@H](Cc2ccccc2C(F)(F)F)CN2C(=O)c3ccccc3C2=O)sc1C(F)(F)F. The Morgan fingerprint density at radius 1 is 0.875 bits per heavy atom. The summed E-state index contributed by atoms with van der Waals surface area (Å²) in [6.07, 6.45) is -8.39. The van der Waals surface area contributed by atoms with Crippen molar-refractivity contribution in [2.45, 2.75) is 24.8 Å². The van der Waals surface area contributed by atoms with Crippen molar-refractivity contribution in [2.75, 3.05) is 11.9 Å². The van der Waals surface area contributed by atoms with Crippen LogP contribution in [0.2, 0.25) is 0 Å². The van der Waals surface area contributed by atoms with Crippen LogP contribution in [0.5, 0.6) is 0 Å². The fraction of sp³-hybridized carbons (Fsp3) is 0.222. The van der Waals surface area contributed by atoms with Gasteiger partial charge in [0, 0.05) is 31.4 Å². The second-order valence-corrected chi connectivity index (χ2v) is 10.2. The molecule has 0 fully saturated rings. The molecule has 0 aliphatic carbocycles. The summed E-state index contributed by atoms with van der Waals surface area (Å²) in [7, 11) is 1.49. The van der Waals surface area contributed by atoms with Crippen LogP contribution in [0.1, 0.15) is 36.7 Å². The standard InChI is InChI=1S/C27H20F6N4O2S/c1-36-21(10-11-34-36)19-13-22(40-23(19)27(31,32)33)35-16(12-15-6-2-5-9-20(15)26(28,29)30)14-37-24(38)17-7-3-4-8-18(17)25(37)39/h2-11,13,16,35H,12,14H2,1H3/t16-/m0/s1. The molecular weight excluding hydrogens is 558 g/mol. The van der Waals surface area contributed by atoms with Gasteiger partial charge in [-0.25, -0.2) is 0 Å². The number of carbonyl (C=O) groups excluding carboxylic acids is 2. The van der Waals surface area contributed by atoms with E-state index in [2.05, 4.69) is 10.4 Å². The summed E-state index contributed by atoms with van der Waals surface area (Å²) in [4.78, 5) is 26.0. The molecule has 6 nitrogen and oxygen atoms in total. The molecule has 2 aromatic heterocycles. The number of aryl methyl sites for hydroxylation is 1. The van der Waals surface area contributed by atoms with Crippen molar-refractivity contribution < 1.29 is 35.9 Å². The Labute approximate surface area is 227 Å². The molecule has 2 aromatic carbocycles. The van der Waals surface area contributed by atoms with Gasteiger partial charge < -0.3 is 5.32 Å². The monoisotopic (exact) mass is 578 g/mol.